The molecule has 22 heavy (non-hydrogen) atoms. The number of ether oxygens (including phenoxy) is 1. The predicted octanol–water partition coefficient (Wildman–Crippen LogP) is 2.63. The van der Waals surface area contributed by atoms with Crippen molar-refractivity contribution < 1.29 is 9.53 Å². The Morgan fingerprint density at radius 2 is 1.77 bits per heavy atom. The normalized spacial score (nSPS) is 15.0. The second kappa shape index (κ2) is 6.13. The van der Waals surface area contributed by atoms with E-state index in [1.165, 1.54) is 0 Å². The largest absolute Gasteiger partial charge is 0.497 e. The van der Waals surface area contributed by atoms with Gasteiger partial charge in [-0.1, -0.05) is 0 Å². The van der Waals surface area contributed by atoms with Gasteiger partial charge in [0, 0.05) is 43.3 Å². The highest BCUT2D eigenvalue weighted by Crippen LogP contribution is 2.23. The molecule has 5 nitrogen and oxygen atoms in total. The van der Waals surface area contributed by atoms with Gasteiger partial charge in [-0.25, -0.2) is 9.97 Å². The monoisotopic (exact) mass is 297 g/mol. The molecule has 3 rings (SSSR count). The highest BCUT2D eigenvalue weighted by Gasteiger charge is 2.18. The van der Waals surface area contributed by atoms with Crippen LogP contribution in [-0.2, 0) is 4.79 Å². The molecule has 1 aliphatic rings. The van der Waals surface area contributed by atoms with Crippen LogP contribution >= 0.6 is 0 Å². The first-order chi connectivity index (χ1) is 10.7. The van der Waals surface area contributed by atoms with Crippen molar-refractivity contribution in [2.75, 3.05) is 25.1 Å². The van der Waals surface area contributed by atoms with Gasteiger partial charge < -0.3 is 9.64 Å². The van der Waals surface area contributed by atoms with Gasteiger partial charge in [-0.15, -0.1) is 0 Å². The molecule has 1 saturated heterocycles. The average molecular weight is 297 g/mol. The Morgan fingerprint density at radius 1 is 1.09 bits per heavy atom. The number of hydrogen-bond donors (Lipinski definition) is 0. The maximum absolute atomic E-state index is 11.4. The fourth-order valence-corrected chi connectivity index (χ4v) is 2.57. The Labute approximate surface area is 130 Å². The van der Waals surface area contributed by atoms with Crippen LogP contribution in [0.15, 0.2) is 30.3 Å². The van der Waals surface area contributed by atoms with Gasteiger partial charge in [0.1, 0.15) is 17.4 Å². The molecule has 0 bridgehead atoms. The lowest BCUT2D eigenvalue weighted by Crippen LogP contribution is -2.34. The lowest BCUT2D eigenvalue weighted by atomic mass is 10.1. The minimum Gasteiger partial charge on any atom is -0.497 e. The van der Waals surface area contributed by atoms with Crippen molar-refractivity contribution in [2.45, 2.75) is 19.8 Å². The molecular formula is C17H19N3O2. The van der Waals surface area contributed by atoms with Gasteiger partial charge in [0.15, 0.2) is 5.82 Å². The predicted molar refractivity (Wildman–Crippen MR) is 85.2 cm³/mol. The molecule has 1 aromatic heterocycles. The van der Waals surface area contributed by atoms with Gasteiger partial charge in [0.05, 0.1) is 7.11 Å². The first-order valence-corrected chi connectivity index (χ1v) is 7.42. The minimum absolute atomic E-state index is 0.331. The Morgan fingerprint density at radius 3 is 2.41 bits per heavy atom. The Balaban J connectivity index is 1.90. The number of carbonyl (C=O) groups excluding carboxylic acids is 1. The van der Waals surface area contributed by atoms with E-state index in [1.807, 2.05) is 37.3 Å². The first-order valence-electron chi connectivity index (χ1n) is 7.42. The van der Waals surface area contributed by atoms with Crippen LogP contribution in [0.1, 0.15) is 18.5 Å². The third kappa shape index (κ3) is 3.08. The number of nitrogens with zero attached hydrogens (tertiary/aromatic N) is 3. The molecule has 1 fully saturated rings. The van der Waals surface area contributed by atoms with Crippen LogP contribution in [0.4, 0.5) is 5.82 Å². The molecule has 1 aromatic carbocycles. The summed E-state index contributed by atoms with van der Waals surface area (Å²) in [5.41, 5.74) is 1.88. The number of Topliss-reactive ketones (excluding diaryl/α,β-unsaturated/α-hetero) is 1. The molecule has 5 heteroatoms. The molecule has 0 atom stereocenters. The van der Waals surface area contributed by atoms with Gasteiger partial charge in [0.2, 0.25) is 0 Å². The highest BCUT2D eigenvalue weighted by molar-refractivity contribution is 5.80. The van der Waals surface area contributed by atoms with Crippen LogP contribution in [0.2, 0.25) is 0 Å². The van der Waals surface area contributed by atoms with Crippen LogP contribution in [0.5, 0.6) is 5.75 Å². The number of aryl methyl sites for hydroxylation is 1. The summed E-state index contributed by atoms with van der Waals surface area (Å²) in [4.78, 5) is 22.7. The zero-order valence-electron chi connectivity index (χ0n) is 12.9. The summed E-state index contributed by atoms with van der Waals surface area (Å²) < 4.78 is 5.18. The molecule has 114 valence electrons. The zero-order chi connectivity index (χ0) is 15.5. The number of piperidine rings is 1. The third-order valence-corrected chi connectivity index (χ3v) is 3.83. The lowest BCUT2D eigenvalue weighted by molar-refractivity contribution is -0.119. The summed E-state index contributed by atoms with van der Waals surface area (Å²) in [7, 11) is 1.65. The molecule has 0 N–H and O–H groups in total. The molecule has 0 saturated carbocycles. The van der Waals surface area contributed by atoms with Crippen molar-refractivity contribution >= 4 is 11.6 Å². The maximum Gasteiger partial charge on any atom is 0.161 e. The van der Waals surface area contributed by atoms with Gasteiger partial charge in [-0.2, -0.15) is 0 Å². The third-order valence-electron chi connectivity index (χ3n) is 3.83. The summed E-state index contributed by atoms with van der Waals surface area (Å²) in [5, 5.41) is 0. The first kappa shape index (κ1) is 14.5. The second-order valence-electron chi connectivity index (χ2n) is 5.45. The van der Waals surface area contributed by atoms with Gasteiger partial charge in [-0.3, -0.25) is 4.79 Å². The Hall–Kier alpha value is -2.43. The van der Waals surface area contributed by atoms with E-state index in [0.29, 0.717) is 24.4 Å². The Kier molecular flexibility index (Phi) is 4.04. The van der Waals surface area contributed by atoms with E-state index in [-0.39, 0.29) is 0 Å². The van der Waals surface area contributed by atoms with E-state index in [4.69, 9.17) is 4.74 Å². The van der Waals surface area contributed by atoms with Crippen LogP contribution < -0.4 is 9.64 Å². The smallest absolute Gasteiger partial charge is 0.161 e. The van der Waals surface area contributed by atoms with Crippen molar-refractivity contribution in [3.05, 3.63) is 36.0 Å². The molecule has 0 unspecified atom stereocenters. The average Bonchev–Trinajstić information content (AvgIpc) is 2.55. The summed E-state index contributed by atoms with van der Waals surface area (Å²) >= 11 is 0. The zero-order valence-corrected chi connectivity index (χ0v) is 12.9. The fraction of sp³-hybridized carbons (Fsp3) is 0.353. The quantitative estimate of drug-likeness (QED) is 0.871. The van der Waals surface area contributed by atoms with Crippen LogP contribution in [0, 0.1) is 6.92 Å². The summed E-state index contributed by atoms with van der Waals surface area (Å²) in [5.74, 6) is 2.74. The standard InChI is InChI=1S/C17H19N3O2/c1-12-11-16(20-9-7-14(21)8-10-20)19-17(18-12)13-3-5-15(22-2)6-4-13/h3-6,11H,7-10H2,1-2H3. The molecule has 0 amide bonds. The number of ketones is 1. The van der Waals surface area contributed by atoms with Gasteiger partial charge in [0.25, 0.3) is 0 Å². The van der Waals surface area contributed by atoms with E-state index < -0.39 is 0 Å². The van der Waals surface area contributed by atoms with E-state index in [1.54, 1.807) is 7.11 Å². The Bertz CT molecular complexity index is 673. The molecule has 1 aliphatic heterocycles. The van der Waals surface area contributed by atoms with Crippen LogP contribution in [0.25, 0.3) is 11.4 Å². The van der Waals surface area contributed by atoms with Crippen LogP contribution in [-0.4, -0.2) is 36.0 Å². The highest BCUT2D eigenvalue weighted by atomic mass is 16.5. The van der Waals surface area contributed by atoms with Crippen LogP contribution in [0.3, 0.4) is 0 Å². The number of benzene rings is 1. The van der Waals surface area contributed by atoms with E-state index in [9.17, 15) is 4.79 Å². The minimum atomic E-state index is 0.331. The number of hydrogen-bond acceptors (Lipinski definition) is 5. The molecule has 0 radical (unpaired) electrons. The number of rotatable bonds is 3. The SMILES string of the molecule is COc1ccc(-c2nc(C)cc(N3CCC(=O)CC3)n2)cc1. The second-order valence-corrected chi connectivity index (χ2v) is 5.45. The number of carbonyl (C=O) groups is 1. The molecule has 0 aliphatic carbocycles. The van der Waals surface area contributed by atoms with E-state index in [2.05, 4.69) is 14.9 Å². The molecule has 2 aromatic rings. The van der Waals surface area contributed by atoms with E-state index in [0.717, 1.165) is 35.9 Å². The lowest BCUT2D eigenvalue weighted by Gasteiger charge is -2.27. The molecule has 2 heterocycles. The van der Waals surface area contributed by atoms with Crippen molar-refractivity contribution in [1.29, 1.82) is 0 Å². The number of methoxy groups -OCH3 is 1. The van der Waals surface area contributed by atoms with Crippen molar-refractivity contribution in [2.24, 2.45) is 0 Å². The summed E-state index contributed by atoms with van der Waals surface area (Å²) in [6.07, 6.45) is 1.20. The summed E-state index contributed by atoms with van der Waals surface area (Å²) in [6, 6.07) is 9.69. The number of anilines is 1. The van der Waals surface area contributed by atoms with Crippen molar-refractivity contribution in [3.63, 3.8) is 0 Å². The van der Waals surface area contributed by atoms with Crippen molar-refractivity contribution in [3.8, 4) is 17.1 Å². The van der Waals surface area contributed by atoms with Crippen molar-refractivity contribution in [1.82, 2.24) is 9.97 Å². The molecular weight excluding hydrogens is 278 g/mol. The topological polar surface area (TPSA) is 55.3 Å². The van der Waals surface area contributed by atoms with E-state index >= 15 is 0 Å². The maximum atomic E-state index is 11.4. The number of aromatic nitrogens is 2. The summed E-state index contributed by atoms with van der Waals surface area (Å²) in [6.45, 7) is 3.43. The van der Waals surface area contributed by atoms with Gasteiger partial charge in [-0.05, 0) is 31.2 Å². The van der Waals surface area contributed by atoms with Gasteiger partial charge >= 0.3 is 0 Å². The fourth-order valence-electron chi connectivity index (χ4n) is 2.57. The molecule has 0 spiro atoms.